The van der Waals surface area contributed by atoms with Gasteiger partial charge < -0.3 is 5.11 Å². The molecule has 0 radical (unpaired) electrons. The summed E-state index contributed by atoms with van der Waals surface area (Å²) in [6.45, 7) is 11.1. The van der Waals surface area contributed by atoms with Crippen LogP contribution in [0.5, 0.6) is 0 Å². The average molecular weight is 281 g/mol. The SMILES string of the molecule is CC1CC(C)CC(C(O)c2csc(C(C)(C)C)n2)C1. The van der Waals surface area contributed by atoms with Crippen LogP contribution in [0.2, 0.25) is 0 Å². The summed E-state index contributed by atoms with van der Waals surface area (Å²) in [5.74, 6) is 1.84. The first-order valence-corrected chi connectivity index (χ1v) is 8.29. The van der Waals surface area contributed by atoms with E-state index in [0.717, 1.165) is 35.4 Å². The Morgan fingerprint density at radius 1 is 1.21 bits per heavy atom. The number of aromatic nitrogens is 1. The van der Waals surface area contributed by atoms with Gasteiger partial charge >= 0.3 is 0 Å². The van der Waals surface area contributed by atoms with Gasteiger partial charge in [0.05, 0.1) is 16.8 Å². The van der Waals surface area contributed by atoms with Crippen molar-refractivity contribution in [1.29, 1.82) is 0 Å². The summed E-state index contributed by atoms with van der Waals surface area (Å²) >= 11 is 1.68. The number of hydrogen-bond donors (Lipinski definition) is 1. The van der Waals surface area contributed by atoms with Crippen LogP contribution in [0.15, 0.2) is 5.38 Å². The predicted octanol–water partition coefficient (Wildman–Crippen LogP) is 4.55. The van der Waals surface area contributed by atoms with Crippen LogP contribution in [0.25, 0.3) is 0 Å². The lowest BCUT2D eigenvalue weighted by Gasteiger charge is -2.33. The first-order chi connectivity index (χ1) is 8.77. The molecule has 0 bridgehead atoms. The molecule has 1 N–H and O–H groups in total. The molecule has 0 spiro atoms. The summed E-state index contributed by atoms with van der Waals surface area (Å²) < 4.78 is 0. The highest BCUT2D eigenvalue weighted by atomic mass is 32.1. The third-order valence-electron chi connectivity index (χ3n) is 4.13. The van der Waals surface area contributed by atoms with Gasteiger partial charge in [-0.3, -0.25) is 0 Å². The maximum atomic E-state index is 10.6. The van der Waals surface area contributed by atoms with Gasteiger partial charge in [-0.25, -0.2) is 4.98 Å². The molecule has 1 aliphatic carbocycles. The first-order valence-electron chi connectivity index (χ1n) is 7.41. The Morgan fingerprint density at radius 2 is 1.79 bits per heavy atom. The summed E-state index contributed by atoms with van der Waals surface area (Å²) in [6.07, 6.45) is 3.19. The highest BCUT2D eigenvalue weighted by molar-refractivity contribution is 7.09. The van der Waals surface area contributed by atoms with E-state index < -0.39 is 0 Å². The highest BCUT2D eigenvalue weighted by Crippen LogP contribution is 2.40. The van der Waals surface area contributed by atoms with Crippen molar-refractivity contribution < 1.29 is 5.11 Å². The van der Waals surface area contributed by atoms with Gasteiger partial charge in [0.15, 0.2) is 0 Å². The third-order valence-corrected chi connectivity index (χ3v) is 5.41. The van der Waals surface area contributed by atoms with Gasteiger partial charge in [-0.15, -0.1) is 11.3 Å². The van der Waals surface area contributed by atoms with Crippen LogP contribution in [-0.4, -0.2) is 10.1 Å². The van der Waals surface area contributed by atoms with Gasteiger partial charge in [0.1, 0.15) is 0 Å². The molecule has 1 aliphatic rings. The molecule has 2 rings (SSSR count). The van der Waals surface area contributed by atoms with Crippen molar-refractivity contribution in [3.05, 3.63) is 16.1 Å². The lowest BCUT2D eigenvalue weighted by atomic mass is 9.74. The Hall–Kier alpha value is -0.410. The van der Waals surface area contributed by atoms with E-state index in [1.807, 2.05) is 0 Å². The Labute approximate surface area is 121 Å². The van der Waals surface area contributed by atoms with Crippen LogP contribution in [-0.2, 0) is 5.41 Å². The molecule has 1 heterocycles. The van der Waals surface area contributed by atoms with E-state index in [0.29, 0.717) is 5.92 Å². The maximum absolute atomic E-state index is 10.6. The first kappa shape index (κ1) is 15.0. The minimum Gasteiger partial charge on any atom is -0.386 e. The van der Waals surface area contributed by atoms with Gasteiger partial charge in [-0.05, 0) is 37.0 Å². The molecule has 3 atom stereocenters. The largest absolute Gasteiger partial charge is 0.386 e. The van der Waals surface area contributed by atoms with Crippen molar-refractivity contribution in [1.82, 2.24) is 4.98 Å². The Balaban J connectivity index is 2.11. The molecular weight excluding hydrogens is 254 g/mol. The van der Waals surface area contributed by atoms with E-state index in [2.05, 4.69) is 45.0 Å². The van der Waals surface area contributed by atoms with Gasteiger partial charge in [-0.2, -0.15) is 0 Å². The van der Waals surface area contributed by atoms with Gasteiger partial charge in [0.25, 0.3) is 0 Å². The van der Waals surface area contributed by atoms with Crippen LogP contribution in [0.4, 0.5) is 0 Å². The highest BCUT2D eigenvalue weighted by Gasteiger charge is 2.31. The molecule has 1 fully saturated rings. The topological polar surface area (TPSA) is 33.1 Å². The van der Waals surface area contributed by atoms with E-state index in [-0.39, 0.29) is 11.5 Å². The Bertz CT molecular complexity index is 411. The standard InChI is InChI=1S/C16H27NOS/c1-10-6-11(2)8-12(7-10)14(18)13-9-19-15(17-13)16(3,4)5/h9-12,14,18H,6-8H2,1-5H3. The quantitative estimate of drug-likeness (QED) is 0.863. The van der Waals surface area contributed by atoms with Crippen LogP contribution in [0.3, 0.4) is 0 Å². The number of thiazole rings is 1. The lowest BCUT2D eigenvalue weighted by Crippen LogP contribution is -2.25. The van der Waals surface area contributed by atoms with E-state index in [4.69, 9.17) is 0 Å². The summed E-state index contributed by atoms with van der Waals surface area (Å²) in [5.41, 5.74) is 0.969. The zero-order chi connectivity index (χ0) is 14.2. The second kappa shape index (κ2) is 5.53. The molecular formula is C16H27NOS. The van der Waals surface area contributed by atoms with Crippen LogP contribution >= 0.6 is 11.3 Å². The van der Waals surface area contributed by atoms with E-state index >= 15 is 0 Å². The molecule has 108 valence electrons. The number of aliphatic hydroxyl groups excluding tert-OH is 1. The molecule has 0 aliphatic heterocycles. The lowest BCUT2D eigenvalue weighted by molar-refractivity contribution is 0.0524. The summed E-state index contributed by atoms with van der Waals surface area (Å²) in [5, 5.41) is 13.8. The Kier molecular flexibility index (Phi) is 4.36. The van der Waals surface area contributed by atoms with Crippen molar-refractivity contribution in [3.63, 3.8) is 0 Å². The minimum absolute atomic E-state index is 0.0792. The minimum atomic E-state index is -0.377. The zero-order valence-corrected chi connectivity index (χ0v) is 13.6. The molecule has 0 saturated heterocycles. The molecule has 1 saturated carbocycles. The Morgan fingerprint density at radius 3 is 2.26 bits per heavy atom. The zero-order valence-electron chi connectivity index (χ0n) is 12.8. The number of aliphatic hydroxyl groups is 1. The summed E-state index contributed by atoms with van der Waals surface area (Å²) in [4.78, 5) is 4.68. The van der Waals surface area contributed by atoms with Crippen molar-refractivity contribution in [2.45, 2.75) is 65.4 Å². The molecule has 3 heteroatoms. The number of hydrogen-bond acceptors (Lipinski definition) is 3. The van der Waals surface area contributed by atoms with Gasteiger partial charge in [-0.1, -0.05) is 34.6 Å². The van der Waals surface area contributed by atoms with Crippen LogP contribution in [0, 0.1) is 17.8 Å². The second-order valence-corrected chi connectivity index (χ2v) is 8.31. The maximum Gasteiger partial charge on any atom is 0.0996 e. The summed E-state index contributed by atoms with van der Waals surface area (Å²) in [6, 6.07) is 0. The van der Waals surface area contributed by atoms with Gasteiger partial charge in [0.2, 0.25) is 0 Å². The van der Waals surface area contributed by atoms with Crippen molar-refractivity contribution >= 4 is 11.3 Å². The van der Waals surface area contributed by atoms with E-state index in [9.17, 15) is 5.11 Å². The molecule has 1 aromatic rings. The normalized spacial score (nSPS) is 30.3. The van der Waals surface area contributed by atoms with E-state index in [1.54, 1.807) is 11.3 Å². The van der Waals surface area contributed by atoms with Crippen molar-refractivity contribution in [2.75, 3.05) is 0 Å². The summed E-state index contributed by atoms with van der Waals surface area (Å²) in [7, 11) is 0. The van der Waals surface area contributed by atoms with Crippen LogP contribution in [0.1, 0.15) is 70.7 Å². The van der Waals surface area contributed by atoms with Crippen molar-refractivity contribution in [2.24, 2.45) is 17.8 Å². The molecule has 3 unspecified atom stereocenters. The molecule has 19 heavy (non-hydrogen) atoms. The van der Waals surface area contributed by atoms with Crippen LogP contribution < -0.4 is 0 Å². The number of nitrogens with zero attached hydrogens (tertiary/aromatic N) is 1. The fraction of sp³-hybridized carbons (Fsp3) is 0.812. The third kappa shape index (κ3) is 3.57. The van der Waals surface area contributed by atoms with Crippen molar-refractivity contribution in [3.8, 4) is 0 Å². The fourth-order valence-corrected chi connectivity index (χ4v) is 4.21. The molecule has 0 aromatic carbocycles. The number of rotatable bonds is 2. The molecule has 2 nitrogen and oxygen atoms in total. The monoisotopic (exact) mass is 281 g/mol. The second-order valence-electron chi connectivity index (χ2n) is 7.45. The smallest absolute Gasteiger partial charge is 0.0996 e. The predicted molar refractivity (Wildman–Crippen MR) is 81.4 cm³/mol. The van der Waals surface area contributed by atoms with E-state index in [1.165, 1.54) is 6.42 Å². The van der Waals surface area contributed by atoms with Gasteiger partial charge in [0, 0.05) is 10.8 Å². The molecule has 1 aromatic heterocycles. The fourth-order valence-electron chi connectivity index (χ4n) is 3.27. The molecule has 0 amide bonds. The average Bonchev–Trinajstić information content (AvgIpc) is 2.75.